The van der Waals surface area contributed by atoms with Crippen LogP contribution in [0, 0.1) is 0 Å². The Morgan fingerprint density at radius 2 is 1.65 bits per heavy atom. The van der Waals surface area contributed by atoms with Crippen molar-refractivity contribution < 1.29 is 26.7 Å². The lowest BCUT2D eigenvalue weighted by molar-refractivity contribution is -0.289. The predicted molar refractivity (Wildman–Crippen MR) is 49.3 cm³/mol. The average Bonchev–Trinajstić information content (AvgIpc) is 2.15. The molecule has 0 fully saturated rings. The Morgan fingerprint density at radius 3 is 2.12 bits per heavy atom. The van der Waals surface area contributed by atoms with Crippen LogP contribution in [0.15, 0.2) is 24.3 Å². The first kappa shape index (κ1) is 13.4. The highest BCUT2D eigenvalue weighted by Gasteiger charge is 2.59. The number of benzene rings is 1. The van der Waals surface area contributed by atoms with Crippen LogP contribution in [-0.2, 0) is 17.1 Å². The normalized spacial score (nSPS) is 12.5. The van der Waals surface area contributed by atoms with Gasteiger partial charge in [-0.15, -0.1) is 0 Å². The fourth-order valence-electron chi connectivity index (χ4n) is 1.32. The summed E-state index contributed by atoms with van der Waals surface area (Å²) in [4.78, 5) is 10.6. The topological polar surface area (TPSA) is 43.1 Å². The zero-order valence-corrected chi connectivity index (χ0v) is 8.39. The van der Waals surface area contributed by atoms with Gasteiger partial charge in [0, 0.05) is 5.56 Å². The average molecular weight is 253 g/mol. The van der Waals surface area contributed by atoms with Crippen LogP contribution in [0.2, 0.25) is 0 Å². The number of amides is 1. The Balaban J connectivity index is 3.26. The van der Waals surface area contributed by atoms with Crippen molar-refractivity contribution in [2.75, 3.05) is 0 Å². The molecule has 1 rings (SSSR count). The van der Waals surface area contributed by atoms with Crippen molar-refractivity contribution in [1.29, 1.82) is 0 Å². The Labute approximate surface area is 93.2 Å². The van der Waals surface area contributed by atoms with Crippen LogP contribution < -0.4 is 5.73 Å². The summed E-state index contributed by atoms with van der Waals surface area (Å²) in [6.45, 7) is 0. The fourth-order valence-corrected chi connectivity index (χ4v) is 1.32. The molecule has 1 aromatic carbocycles. The second-order valence-electron chi connectivity index (χ2n) is 3.37. The van der Waals surface area contributed by atoms with Gasteiger partial charge >= 0.3 is 12.1 Å². The van der Waals surface area contributed by atoms with E-state index in [-0.39, 0.29) is 0 Å². The van der Waals surface area contributed by atoms with Crippen LogP contribution in [0.1, 0.15) is 11.1 Å². The lowest BCUT2D eigenvalue weighted by Gasteiger charge is -2.22. The molecule has 2 N–H and O–H groups in total. The first-order chi connectivity index (χ1) is 7.66. The van der Waals surface area contributed by atoms with Crippen molar-refractivity contribution >= 4 is 5.91 Å². The molecule has 0 spiro atoms. The number of hydrogen-bond acceptors (Lipinski definition) is 1. The second-order valence-corrected chi connectivity index (χ2v) is 3.37. The third-order valence-corrected chi connectivity index (χ3v) is 2.08. The van der Waals surface area contributed by atoms with E-state index in [2.05, 4.69) is 0 Å². The van der Waals surface area contributed by atoms with Gasteiger partial charge < -0.3 is 5.73 Å². The van der Waals surface area contributed by atoms with Crippen molar-refractivity contribution in [2.45, 2.75) is 18.5 Å². The number of halogens is 5. The summed E-state index contributed by atoms with van der Waals surface area (Å²) in [5, 5.41) is 0. The van der Waals surface area contributed by atoms with E-state index < -0.39 is 35.6 Å². The zero-order chi connectivity index (χ0) is 13.3. The number of hydrogen-bond donors (Lipinski definition) is 1. The highest BCUT2D eigenvalue weighted by Crippen LogP contribution is 2.44. The molecule has 0 aromatic heterocycles. The summed E-state index contributed by atoms with van der Waals surface area (Å²) >= 11 is 0. The maximum Gasteiger partial charge on any atom is 0.458 e. The number of carbonyl (C=O) groups is 1. The Hall–Kier alpha value is -1.66. The van der Waals surface area contributed by atoms with Gasteiger partial charge in [0.2, 0.25) is 5.91 Å². The van der Waals surface area contributed by atoms with Crippen molar-refractivity contribution in [2.24, 2.45) is 5.73 Å². The third kappa shape index (κ3) is 2.72. The molecule has 94 valence electrons. The number of rotatable bonds is 3. The summed E-state index contributed by atoms with van der Waals surface area (Å²) < 4.78 is 62.7. The molecular weight excluding hydrogens is 245 g/mol. The van der Waals surface area contributed by atoms with Crippen molar-refractivity contribution in [1.82, 2.24) is 0 Å². The largest absolute Gasteiger partial charge is 0.458 e. The van der Waals surface area contributed by atoms with Crippen LogP contribution in [0.5, 0.6) is 0 Å². The molecule has 0 aliphatic carbocycles. The third-order valence-electron chi connectivity index (χ3n) is 2.08. The minimum Gasteiger partial charge on any atom is -0.369 e. The van der Waals surface area contributed by atoms with E-state index in [9.17, 15) is 26.7 Å². The molecule has 0 atom stereocenters. The molecular formula is C10H8F5NO. The van der Waals surface area contributed by atoms with Crippen LogP contribution in [0.4, 0.5) is 22.0 Å². The van der Waals surface area contributed by atoms with E-state index >= 15 is 0 Å². The number of primary amides is 1. The minimum absolute atomic E-state index is 0.428. The van der Waals surface area contributed by atoms with Gasteiger partial charge in [-0.3, -0.25) is 4.79 Å². The van der Waals surface area contributed by atoms with Gasteiger partial charge in [-0.25, -0.2) is 0 Å². The zero-order valence-electron chi connectivity index (χ0n) is 8.39. The maximum absolute atomic E-state index is 13.1. The molecule has 7 heteroatoms. The lowest BCUT2D eigenvalue weighted by Crippen LogP contribution is -2.35. The summed E-state index contributed by atoms with van der Waals surface area (Å²) in [6.07, 6.45) is -6.37. The molecule has 0 aliphatic heterocycles. The summed E-state index contributed by atoms with van der Waals surface area (Å²) in [5.74, 6) is -5.98. The molecule has 0 radical (unpaired) electrons. The number of alkyl halides is 5. The van der Waals surface area contributed by atoms with Gasteiger partial charge in [-0.2, -0.15) is 22.0 Å². The Kier molecular flexibility index (Phi) is 3.40. The highest BCUT2D eigenvalue weighted by atomic mass is 19.4. The number of carbonyl (C=O) groups excluding carboxylic acids is 1. The highest BCUT2D eigenvalue weighted by molar-refractivity contribution is 5.77. The number of nitrogens with two attached hydrogens (primary N) is 1. The Bertz CT molecular complexity index is 427. The summed E-state index contributed by atoms with van der Waals surface area (Å²) in [7, 11) is 0. The van der Waals surface area contributed by atoms with E-state index in [0.717, 1.165) is 12.1 Å². The van der Waals surface area contributed by atoms with Gasteiger partial charge in [0.15, 0.2) is 0 Å². The summed E-state index contributed by atoms with van der Waals surface area (Å²) in [5.41, 5.74) is 3.11. The van der Waals surface area contributed by atoms with Gasteiger partial charge in [0.25, 0.3) is 0 Å². The molecule has 0 aliphatic rings. The van der Waals surface area contributed by atoms with E-state index in [1.807, 2.05) is 0 Å². The van der Waals surface area contributed by atoms with Gasteiger partial charge in [0.1, 0.15) is 0 Å². The molecule has 0 saturated carbocycles. The van der Waals surface area contributed by atoms with Gasteiger partial charge in [0.05, 0.1) is 6.42 Å². The van der Waals surface area contributed by atoms with Gasteiger partial charge in [-0.05, 0) is 5.56 Å². The van der Waals surface area contributed by atoms with E-state index in [1.165, 1.54) is 6.07 Å². The standard InChI is InChI=1S/C10H8F5NO/c11-9(12,10(13,14)15)7-4-2-1-3-6(7)5-8(16)17/h1-4H,5H2,(H2,16,17). The predicted octanol–water partition coefficient (Wildman–Crippen LogP) is 2.37. The minimum atomic E-state index is -5.71. The smallest absolute Gasteiger partial charge is 0.369 e. The van der Waals surface area contributed by atoms with Crippen molar-refractivity contribution in [3.8, 4) is 0 Å². The molecule has 0 saturated heterocycles. The lowest BCUT2D eigenvalue weighted by atomic mass is 9.98. The first-order valence-electron chi connectivity index (χ1n) is 4.47. The van der Waals surface area contributed by atoms with Crippen LogP contribution in [0.25, 0.3) is 0 Å². The van der Waals surface area contributed by atoms with Crippen molar-refractivity contribution in [3.63, 3.8) is 0 Å². The van der Waals surface area contributed by atoms with Crippen LogP contribution >= 0.6 is 0 Å². The SMILES string of the molecule is NC(=O)Cc1ccccc1C(F)(F)C(F)(F)F. The molecule has 1 amide bonds. The summed E-state index contributed by atoms with van der Waals surface area (Å²) in [6, 6.07) is 3.94. The molecule has 0 heterocycles. The Morgan fingerprint density at radius 1 is 1.12 bits per heavy atom. The van der Waals surface area contributed by atoms with E-state index in [0.29, 0.717) is 6.07 Å². The molecule has 0 bridgehead atoms. The van der Waals surface area contributed by atoms with E-state index in [1.54, 1.807) is 0 Å². The van der Waals surface area contributed by atoms with Crippen LogP contribution in [0.3, 0.4) is 0 Å². The molecule has 1 aromatic rings. The monoisotopic (exact) mass is 253 g/mol. The van der Waals surface area contributed by atoms with Crippen molar-refractivity contribution in [3.05, 3.63) is 35.4 Å². The van der Waals surface area contributed by atoms with Crippen LogP contribution in [-0.4, -0.2) is 12.1 Å². The van der Waals surface area contributed by atoms with Gasteiger partial charge in [-0.1, -0.05) is 24.3 Å². The first-order valence-corrected chi connectivity index (χ1v) is 4.47. The molecule has 0 unspecified atom stereocenters. The van der Waals surface area contributed by atoms with E-state index in [4.69, 9.17) is 5.73 Å². The molecule has 17 heavy (non-hydrogen) atoms. The molecule has 2 nitrogen and oxygen atoms in total. The second kappa shape index (κ2) is 4.31. The fraction of sp³-hybridized carbons (Fsp3) is 0.300. The maximum atomic E-state index is 13.1. The quantitative estimate of drug-likeness (QED) is 0.825.